The number of aryl methyl sites for hydroxylation is 1. The molecule has 2 fully saturated rings. The molecule has 3 nitrogen and oxygen atoms in total. The van der Waals surface area contributed by atoms with Gasteiger partial charge in [-0.1, -0.05) is 31.9 Å². The molecule has 1 heterocycles. The van der Waals surface area contributed by atoms with Crippen LogP contribution >= 0.6 is 0 Å². The van der Waals surface area contributed by atoms with Gasteiger partial charge in [0.05, 0.1) is 17.8 Å². The van der Waals surface area contributed by atoms with Gasteiger partial charge in [-0.3, -0.25) is 4.79 Å². The third kappa shape index (κ3) is 3.74. The summed E-state index contributed by atoms with van der Waals surface area (Å²) in [5.74, 6) is -0.0259. The molecule has 0 bridgehead atoms. The summed E-state index contributed by atoms with van der Waals surface area (Å²) in [7, 11) is 0. The predicted molar refractivity (Wildman–Crippen MR) is 88.0 cm³/mol. The van der Waals surface area contributed by atoms with Gasteiger partial charge in [0.25, 0.3) is 5.91 Å². The highest BCUT2D eigenvalue weighted by molar-refractivity contribution is 5.96. The highest BCUT2D eigenvalue weighted by Gasteiger charge is 2.40. The molecule has 126 valence electrons. The minimum atomic E-state index is -0.422. The minimum Gasteiger partial charge on any atom is -0.371 e. The van der Waals surface area contributed by atoms with Crippen molar-refractivity contribution < 1.29 is 13.9 Å². The molecule has 1 aromatic carbocycles. The van der Waals surface area contributed by atoms with Crippen LogP contribution in [0, 0.1) is 18.7 Å². The summed E-state index contributed by atoms with van der Waals surface area (Å²) in [5, 5.41) is 0. The zero-order valence-electron chi connectivity index (χ0n) is 14.1. The van der Waals surface area contributed by atoms with Crippen LogP contribution in [-0.2, 0) is 4.74 Å². The normalized spacial score (nSPS) is 24.7. The quantitative estimate of drug-likeness (QED) is 0.822. The summed E-state index contributed by atoms with van der Waals surface area (Å²) in [6.45, 7) is 5.13. The molecule has 0 unspecified atom stereocenters. The number of morpholine rings is 1. The third-order valence-electron chi connectivity index (χ3n) is 4.94. The Bertz CT molecular complexity index is 550. The number of amides is 1. The molecular weight excluding hydrogens is 293 g/mol. The number of hydrogen-bond acceptors (Lipinski definition) is 2. The molecule has 0 radical (unpaired) electrons. The van der Waals surface area contributed by atoms with Crippen molar-refractivity contribution in [2.45, 2.75) is 58.2 Å². The second-order valence-electron chi connectivity index (χ2n) is 6.92. The summed E-state index contributed by atoms with van der Waals surface area (Å²) in [6.07, 6.45) is 5.78. The minimum absolute atomic E-state index is 0.0883. The summed E-state index contributed by atoms with van der Waals surface area (Å²) >= 11 is 0. The number of carbonyl (C=O) groups excluding carboxylic acids is 1. The van der Waals surface area contributed by atoms with E-state index in [1.54, 1.807) is 19.1 Å². The first kappa shape index (κ1) is 16.4. The lowest BCUT2D eigenvalue weighted by molar-refractivity contribution is -0.0875. The van der Waals surface area contributed by atoms with Crippen LogP contribution in [-0.4, -0.2) is 36.1 Å². The number of ether oxygens (including phenoxy) is 1. The lowest BCUT2D eigenvalue weighted by Gasteiger charge is -2.38. The Hall–Kier alpha value is -1.42. The summed E-state index contributed by atoms with van der Waals surface area (Å²) in [6, 6.07) is 4.81. The summed E-state index contributed by atoms with van der Waals surface area (Å²) < 4.78 is 20.3. The number of carbonyl (C=O) groups is 1. The Morgan fingerprint density at radius 3 is 2.78 bits per heavy atom. The van der Waals surface area contributed by atoms with Crippen molar-refractivity contribution in [3.05, 3.63) is 35.1 Å². The summed E-state index contributed by atoms with van der Waals surface area (Å²) in [4.78, 5) is 14.7. The lowest BCUT2D eigenvalue weighted by Crippen LogP contribution is -2.51. The van der Waals surface area contributed by atoms with Crippen molar-refractivity contribution >= 4 is 5.91 Å². The molecule has 3 rings (SSSR count). The maximum Gasteiger partial charge on any atom is 0.257 e. The van der Waals surface area contributed by atoms with Crippen LogP contribution in [0.25, 0.3) is 0 Å². The van der Waals surface area contributed by atoms with Crippen molar-refractivity contribution in [2.24, 2.45) is 5.92 Å². The van der Waals surface area contributed by atoms with Gasteiger partial charge in [0.2, 0.25) is 0 Å². The third-order valence-corrected chi connectivity index (χ3v) is 4.94. The van der Waals surface area contributed by atoms with E-state index in [1.165, 1.54) is 18.9 Å². The van der Waals surface area contributed by atoms with Gasteiger partial charge in [-0.2, -0.15) is 0 Å². The number of hydrogen-bond donors (Lipinski definition) is 0. The highest BCUT2D eigenvalue weighted by atomic mass is 19.1. The molecule has 0 N–H and O–H groups in total. The Labute approximate surface area is 137 Å². The van der Waals surface area contributed by atoms with E-state index in [1.807, 2.05) is 4.90 Å². The van der Waals surface area contributed by atoms with Crippen molar-refractivity contribution in [3.63, 3.8) is 0 Å². The molecule has 0 spiro atoms. The topological polar surface area (TPSA) is 29.5 Å². The first-order chi connectivity index (χ1) is 11.1. The van der Waals surface area contributed by atoms with Gasteiger partial charge < -0.3 is 9.64 Å². The fourth-order valence-electron chi connectivity index (χ4n) is 3.42. The molecule has 1 amide bonds. The number of unbranched alkanes of at least 4 members (excludes halogenated alkanes) is 1. The Balaban J connectivity index is 1.77. The largest absolute Gasteiger partial charge is 0.371 e. The second-order valence-corrected chi connectivity index (χ2v) is 6.92. The van der Waals surface area contributed by atoms with Crippen LogP contribution in [0.5, 0.6) is 0 Å². The Kier molecular flexibility index (Phi) is 5.00. The van der Waals surface area contributed by atoms with E-state index in [2.05, 4.69) is 6.92 Å². The molecule has 23 heavy (non-hydrogen) atoms. The van der Waals surface area contributed by atoms with Gasteiger partial charge in [-0.05, 0) is 43.7 Å². The SMILES string of the molecule is CCCC[C@@H]1CN(C(=O)c2c(C)cccc2F)C[C@H](C2CC2)O1. The van der Waals surface area contributed by atoms with Crippen LogP contribution in [0.15, 0.2) is 18.2 Å². The molecule has 2 atom stereocenters. The van der Waals surface area contributed by atoms with Gasteiger partial charge in [0.1, 0.15) is 5.82 Å². The van der Waals surface area contributed by atoms with Crippen LogP contribution in [0.1, 0.15) is 54.9 Å². The van der Waals surface area contributed by atoms with Crippen LogP contribution in [0.2, 0.25) is 0 Å². The molecule has 1 saturated heterocycles. The van der Waals surface area contributed by atoms with Crippen LogP contribution < -0.4 is 0 Å². The smallest absolute Gasteiger partial charge is 0.257 e. The Morgan fingerprint density at radius 1 is 1.35 bits per heavy atom. The average Bonchev–Trinajstić information content (AvgIpc) is 3.37. The number of halogens is 1. The molecule has 1 aliphatic carbocycles. The average molecular weight is 319 g/mol. The predicted octanol–water partition coefficient (Wildman–Crippen LogP) is 3.94. The van der Waals surface area contributed by atoms with E-state index in [-0.39, 0.29) is 23.7 Å². The zero-order chi connectivity index (χ0) is 16.4. The Morgan fingerprint density at radius 2 is 2.13 bits per heavy atom. The van der Waals surface area contributed by atoms with E-state index in [0.29, 0.717) is 24.6 Å². The van der Waals surface area contributed by atoms with Gasteiger partial charge in [-0.25, -0.2) is 4.39 Å². The molecular formula is C19H26FNO2. The van der Waals surface area contributed by atoms with Crippen molar-refractivity contribution in [1.82, 2.24) is 4.90 Å². The van der Waals surface area contributed by atoms with Gasteiger partial charge in [0, 0.05) is 13.1 Å². The van der Waals surface area contributed by atoms with E-state index in [4.69, 9.17) is 4.74 Å². The fraction of sp³-hybridized carbons (Fsp3) is 0.632. The molecule has 1 aromatic rings. The van der Waals surface area contributed by atoms with Gasteiger partial charge in [0.15, 0.2) is 0 Å². The van der Waals surface area contributed by atoms with E-state index in [0.717, 1.165) is 19.3 Å². The standard InChI is InChI=1S/C19H26FNO2/c1-3-4-7-15-11-21(12-17(23-15)14-9-10-14)19(22)18-13(2)6-5-8-16(18)20/h5-6,8,14-15,17H,3-4,7,9-12H2,1-2H3/t15-,17-/m1/s1. The molecule has 4 heteroatoms. The molecule has 1 saturated carbocycles. The lowest BCUT2D eigenvalue weighted by atomic mass is 10.0. The van der Waals surface area contributed by atoms with Crippen molar-refractivity contribution in [3.8, 4) is 0 Å². The highest BCUT2D eigenvalue weighted by Crippen LogP contribution is 2.37. The van der Waals surface area contributed by atoms with Crippen LogP contribution in [0.3, 0.4) is 0 Å². The van der Waals surface area contributed by atoms with E-state index < -0.39 is 5.82 Å². The maximum atomic E-state index is 14.1. The molecule has 2 aliphatic rings. The fourth-order valence-corrected chi connectivity index (χ4v) is 3.42. The van der Waals surface area contributed by atoms with Crippen LogP contribution in [0.4, 0.5) is 4.39 Å². The van der Waals surface area contributed by atoms with E-state index >= 15 is 0 Å². The monoisotopic (exact) mass is 319 g/mol. The number of benzene rings is 1. The maximum absolute atomic E-state index is 14.1. The second kappa shape index (κ2) is 7.00. The first-order valence-electron chi connectivity index (χ1n) is 8.80. The van der Waals surface area contributed by atoms with Crippen molar-refractivity contribution in [2.75, 3.05) is 13.1 Å². The van der Waals surface area contributed by atoms with Gasteiger partial charge >= 0.3 is 0 Å². The van der Waals surface area contributed by atoms with Crippen molar-refractivity contribution in [1.29, 1.82) is 0 Å². The molecule has 1 aliphatic heterocycles. The van der Waals surface area contributed by atoms with E-state index in [9.17, 15) is 9.18 Å². The zero-order valence-corrected chi connectivity index (χ0v) is 14.1. The first-order valence-corrected chi connectivity index (χ1v) is 8.80. The molecule has 0 aromatic heterocycles. The summed E-state index contributed by atoms with van der Waals surface area (Å²) in [5.41, 5.74) is 0.924. The number of rotatable bonds is 5. The van der Waals surface area contributed by atoms with Gasteiger partial charge in [-0.15, -0.1) is 0 Å². The number of nitrogens with zero attached hydrogens (tertiary/aromatic N) is 1.